The van der Waals surface area contributed by atoms with Gasteiger partial charge in [-0.25, -0.2) is 4.79 Å². The molecule has 1 aliphatic heterocycles. The Morgan fingerprint density at radius 3 is 2.62 bits per heavy atom. The number of aliphatic carboxylic acids is 1. The largest absolute Gasteiger partial charge is 0.478 e. The number of ether oxygens (including phenoxy) is 1. The molecule has 1 aliphatic rings. The zero-order valence-electron chi connectivity index (χ0n) is 12.5. The predicted molar refractivity (Wildman–Crippen MR) is 83.0 cm³/mol. The lowest BCUT2D eigenvalue weighted by Crippen LogP contribution is -2.29. The zero-order chi connectivity index (χ0) is 15.1. The molecule has 1 N–H and O–H groups in total. The molecule has 0 aromatic heterocycles. The molecule has 1 aromatic carbocycles. The number of carbonyl (C=O) groups is 1. The normalized spacial score (nSPS) is 16.7. The number of nitrogens with zero attached hydrogens (tertiary/aromatic N) is 1. The summed E-state index contributed by atoms with van der Waals surface area (Å²) in [5, 5.41) is 8.60. The van der Waals surface area contributed by atoms with E-state index in [1.165, 1.54) is 5.56 Å². The fraction of sp³-hybridized carbons (Fsp3) is 0.471. The molecule has 1 heterocycles. The Kier molecular flexibility index (Phi) is 5.96. The van der Waals surface area contributed by atoms with Gasteiger partial charge in [0.2, 0.25) is 0 Å². The summed E-state index contributed by atoms with van der Waals surface area (Å²) in [6, 6.07) is 8.03. The van der Waals surface area contributed by atoms with Crippen molar-refractivity contribution in [3.8, 4) is 0 Å². The highest BCUT2D eigenvalue weighted by Gasteiger charge is 2.15. The van der Waals surface area contributed by atoms with Gasteiger partial charge in [0.25, 0.3) is 0 Å². The molecule has 0 atom stereocenters. The summed E-state index contributed by atoms with van der Waals surface area (Å²) >= 11 is 0. The standard InChI is InChI=1S/C17H23NO3/c1-18(13-16-8-10-21-11-9-16)12-15-4-2-14(3-5-15)6-7-17(19)20/h2-7,16H,8-13H2,1H3,(H,19,20). The first-order valence-electron chi connectivity index (χ1n) is 7.40. The maximum Gasteiger partial charge on any atom is 0.328 e. The van der Waals surface area contributed by atoms with E-state index >= 15 is 0 Å². The minimum absolute atomic E-state index is 0.738. The molecule has 0 amide bonds. The molecule has 4 nitrogen and oxygen atoms in total. The molecule has 0 spiro atoms. The van der Waals surface area contributed by atoms with Gasteiger partial charge in [0.05, 0.1) is 0 Å². The number of carboxylic acids is 1. The Hall–Kier alpha value is -1.65. The summed E-state index contributed by atoms with van der Waals surface area (Å²) in [5.41, 5.74) is 2.16. The highest BCUT2D eigenvalue weighted by atomic mass is 16.5. The minimum atomic E-state index is -0.921. The molecule has 0 radical (unpaired) electrons. The molecule has 2 rings (SSSR count). The van der Waals surface area contributed by atoms with E-state index in [0.717, 1.165) is 56.7 Å². The Labute approximate surface area is 126 Å². The van der Waals surface area contributed by atoms with Crippen LogP contribution < -0.4 is 0 Å². The lowest BCUT2D eigenvalue weighted by atomic mass is 9.99. The first-order chi connectivity index (χ1) is 10.1. The van der Waals surface area contributed by atoms with Gasteiger partial charge in [-0.05, 0) is 43.0 Å². The fourth-order valence-electron chi connectivity index (χ4n) is 2.65. The molecule has 1 aromatic rings. The average molecular weight is 289 g/mol. The van der Waals surface area contributed by atoms with Gasteiger partial charge in [-0.15, -0.1) is 0 Å². The SMILES string of the molecule is CN(Cc1ccc(C=CC(=O)O)cc1)CC1CCOCC1. The first-order valence-corrected chi connectivity index (χ1v) is 7.40. The molecule has 1 saturated heterocycles. The van der Waals surface area contributed by atoms with Crippen molar-refractivity contribution in [1.82, 2.24) is 4.90 Å². The molecular weight excluding hydrogens is 266 g/mol. The van der Waals surface area contributed by atoms with Crippen LogP contribution in [-0.4, -0.2) is 42.8 Å². The first kappa shape index (κ1) is 15.7. The van der Waals surface area contributed by atoms with Crippen LogP contribution in [0.5, 0.6) is 0 Å². The number of rotatable bonds is 6. The highest BCUT2D eigenvalue weighted by molar-refractivity contribution is 5.85. The van der Waals surface area contributed by atoms with Gasteiger partial charge in [0.15, 0.2) is 0 Å². The van der Waals surface area contributed by atoms with Gasteiger partial charge in [-0.2, -0.15) is 0 Å². The smallest absolute Gasteiger partial charge is 0.328 e. The summed E-state index contributed by atoms with van der Waals surface area (Å²) in [5.74, 6) is -0.184. The van der Waals surface area contributed by atoms with E-state index in [9.17, 15) is 4.79 Å². The van der Waals surface area contributed by atoms with E-state index in [1.54, 1.807) is 6.08 Å². The summed E-state index contributed by atoms with van der Waals surface area (Å²) in [4.78, 5) is 12.8. The van der Waals surface area contributed by atoms with Gasteiger partial charge in [-0.1, -0.05) is 24.3 Å². The third kappa shape index (κ3) is 5.69. The summed E-state index contributed by atoms with van der Waals surface area (Å²) in [6.07, 6.45) is 5.08. The van der Waals surface area contributed by atoms with Crippen molar-refractivity contribution in [3.63, 3.8) is 0 Å². The lowest BCUT2D eigenvalue weighted by molar-refractivity contribution is -0.131. The van der Waals surface area contributed by atoms with Crippen molar-refractivity contribution in [2.45, 2.75) is 19.4 Å². The zero-order valence-corrected chi connectivity index (χ0v) is 12.5. The third-order valence-electron chi connectivity index (χ3n) is 3.76. The van der Waals surface area contributed by atoms with Crippen LogP contribution in [-0.2, 0) is 16.1 Å². The van der Waals surface area contributed by atoms with Gasteiger partial charge >= 0.3 is 5.97 Å². The van der Waals surface area contributed by atoms with E-state index in [1.807, 2.05) is 12.1 Å². The molecule has 0 aliphatic carbocycles. The number of benzene rings is 1. The number of carboxylic acid groups (broad SMARTS) is 1. The molecule has 114 valence electrons. The Balaban J connectivity index is 1.83. The van der Waals surface area contributed by atoms with Crippen molar-refractivity contribution in [3.05, 3.63) is 41.5 Å². The van der Waals surface area contributed by atoms with Crippen LogP contribution in [0.1, 0.15) is 24.0 Å². The van der Waals surface area contributed by atoms with Gasteiger partial charge in [0.1, 0.15) is 0 Å². The van der Waals surface area contributed by atoms with Crippen molar-refractivity contribution in [2.75, 3.05) is 26.8 Å². The number of hydrogen-bond acceptors (Lipinski definition) is 3. The summed E-state index contributed by atoms with van der Waals surface area (Å²) in [6.45, 7) is 3.80. The minimum Gasteiger partial charge on any atom is -0.478 e. The van der Waals surface area contributed by atoms with Crippen molar-refractivity contribution in [2.24, 2.45) is 5.92 Å². The Morgan fingerprint density at radius 2 is 2.00 bits per heavy atom. The Bertz CT molecular complexity index is 475. The second kappa shape index (κ2) is 7.96. The van der Waals surface area contributed by atoms with Crippen LogP contribution in [0.15, 0.2) is 30.3 Å². The van der Waals surface area contributed by atoms with E-state index in [0.29, 0.717) is 0 Å². The van der Waals surface area contributed by atoms with Crippen LogP contribution in [0.2, 0.25) is 0 Å². The molecule has 1 fully saturated rings. The Morgan fingerprint density at radius 1 is 1.33 bits per heavy atom. The highest BCUT2D eigenvalue weighted by Crippen LogP contribution is 2.17. The summed E-state index contributed by atoms with van der Waals surface area (Å²) in [7, 11) is 2.15. The van der Waals surface area contributed by atoms with E-state index in [4.69, 9.17) is 9.84 Å². The van der Waals surface area contributed by atoms with E-state index in [2.05, 4.69) is 24.1 Å². The van der Waals surface area contributed by atoms with Crippen LogP contribution in [0, 0.1) is 5.92 Å². The van der Waals surface area contributed by atoms with Crippen LogP contribution in [0.4, 0.5) is 0 Å². The second-order valence-corrected chi connectivity index (χ2v) is 5.67. The summed E-state index contributed by atoms with van der Waals surface area (Å²) < 4.78 is 5.39. The number of hydrogen-bond donors (Lipinski definition) is 1. The maximum atomic E-state index is 10.5. The fourth-order valence-corrected chi connectivity index (χ4v) is 2.65. The second-order valence-electron chi connectivity index (χ2n) is 5.67. The monoisotopic (exact) mass is 289 g/mol. The third-order valence-corrected chi connectivity index (χ3v) is 3.76. The average Bonchev–Trinajstić information content (AvgIpc) is 2.47. The van der Waals surface area contributed by atoms with E-state index < -0.39 is 5.97 Å². The van der Waals surface area contributed by atoms with Crippen LogP contribution >= 0.6 is 0 Å². The lowest BCUT2D eigenvalue weighted by Gasteiger charge is -2.27. The maximum absolute atomic E-state index is 10.5. The molecule has 0 bridgehead atoms. The van der Waals surface area contributed by atoms with Crippen LogP contribution in [0.3, 0.4) is 0 Å². The molecule has 0 unspecified atom stereocenters. The van der Waals surface area contributed by atoms with Crippen LogP contribution in [0.25, 0.3) is 6.08 Å². The van der Waals surface area contributed by atoms with Gasteiger partial charge in [-0.3, -0.25) is 0 Å². The van der Waals surface area contributed by atoms with Crippen molar-refractivity contribution < 1.29 is 14.6 Å². The quantitative estimate of drug-likeness (QED) is 0.818. The van der Waals surface area contributed by atoms with Crippen molar-refractivity contribution >= 4 is 12.0 Å². The topological polar surface area (TPSA) is 49.8 Å². The van der Waals surface area contributed by atoms with Crippen molar-refractivity contribution in [1.29, 1.82) is 0 Å². The van der Waals surface area contributed by atoms with Gasteiger partial charge in [0, 0.05) is 32.4 Å². The predicted octanol–water partition coefficient (Wildman–Crippen LogP) is 2.64. The molecular formula is C17H23NO3. The molecule has 0 saturated carbocycles. The molecule has 4 heteroatoms. The van der Waals surface area contributed by atoms with E-state index in [-0.39, 0.29) is 0 Å². The molecule has 21 heavy (non-hydrogen) atoms. The van der Waals surface area contributed by atoms with Gasteiger partial charge < -0.3 is 14.7 Å².